The fourth-order valence-corrected chi connectivity index (χ4v) is 3.47. The van der Waals surface area contributed by atoms with Crippen LogP contribution in [0.15, 0.2) is 54.9 Å². The van der Waals surface area contributed by atoms with E-state index in [1.54, 1.807) is 12.4 Å². The van der Waals surface area contributed by atoms with Crippen molar-refractivity contribution in [2.75, 3.05) is 19.6 Å². The van der Waals surface area contributed by atoms with Gasteiger partial charge in [-0.2, -0.15) is 0 Å². The third kappa shape index (κ3) is 5.38. The third-order valence-corrected chi connectivity index (χ3v) is 4.95. The first-order valence-corrected chi connectivity index (χ1v) is 9.43. The van der Waals surface area contributed by atoms with Gasteiger partial charge in [0.25, 0.3) is 0 Å². The van der Waals surface area contributed by atoms with Crippen LogP contribution in [0.25, 0.3) is 0 Å². The van der Waals surface area contributed by atoms with E-state index in [0.29, 0.717) is 19.0 Å². The topological polar surface area (TPSA) is 71.2 Å². The number of nitrogens with zero attached hydrogens (tertiary/aromatic N) is 2. The lowest BCUT2D eigenvalue weighted by atomic mass is 10.1. The minimum absolute atomic E-state index is 0.0337. The van der Waals surface area contributed by atoms with Crippen LogP contribution in [0, 0.1) is 0 Å². The number of aromatic nitrogens is 1. The summed E-state index contributed by atoms with van der Waals surface area (Å²) < 4.78 is 0. The number of hydrogen-bond donors (Lipinski definition) is 2. The number of nitrogens with two attached hydrogens (primary N) is 1. The molecule has 1 aliphatic rings. The van der Waals surface area contributed by atoms with E-state index in [-0.39, 0.29) is 5.91 Å². The SMILES string of the molecule is N[C@H](Cc1ccncc1)C(=O)N(CCc1ccccc1)C[C@@H]1CCCN1. The van der Waals surface area contributed by atoms with E-state index >= 15 is 0 Å². The van der Waals surface area contributed by atoms with Crippen LogP contribution >= 0.6 is 0 Å². The number of pyridine rings is 1. The van der Waals surface area contributed by atoms with Crippen molar-refractivity contribution in [1.29, 1.82) is 0 Å². The molecule has 0 bridgehead atoms. The lowest BCUT2D eigenvalue weighted by Gasteiger charge is -2.28. The molecular formula is C21H28N4O. The highest BCUT2D eigenvalue weighted by atomic mass is 16.2. The Bertz CT molecular complexity index is 671. The van der Waals surface area contributed by atoms with Crippen molar-refractivity contribution in [3.05, 3.63) is 66.0 Å². The molecule has 1 saturated heterocycles. The summed E-state index contributed by atoms with van der Waals surface area (Å²) in [7, 11) is 0. The monoisotopic (exact) mass is 352 g/mol. The van der Waals surface area contributed by atoms with Gasteiger partial charge in [-0.05, 0) is 55.5 Å². The number of carbonyl (C=O) groups excluding carboxylic acids is 1. The van der Waals surface area contributed by atoms with Gasteiger partial charge in [0.05, 0.1) is 6.04 Å². The van der Waals surface area contributed by atoms with Crippen LogP contribution < -0.4 is 11.1 Å². The van der Waals surface area contributed by atoms with Gasteiger partial charge in [-0.25, -0.2) is 0 Å². The Morgan fingerprint density at radius 3 is 2.65 bits per heavy atom. The Labute approximate surface area is 155 Å². The van der Waals surface area contributed by atoms with Gasteiger partial charge >= 0.3 is 0 Å². The molecule has 3 rings (SSSR count). The number of benzene rings is 1. The van der Waals surface area contributed by atoms with Crippen LogP contribution in [0.1, 0.15) is 24.0 Å². The van der Waals surface area contributed by atoms with Crippen molar-refractivity contribution in [1.82, 2.24) is 15.2 Å². The van der Waals surface area contributed by atoms with Crippen molar-refractivity contribution < 1.29 is 4.79 Å². The van der Waals surface area contributed by atoms with Crippen LogP contribution in [-0.2, 0) is 17.6 Å². The van der Waals surface area contributed by atoms with E-state index < -0.39 is 6.04 Å². The van der Waals surface area contributed by atoms with Crippen LogP contribution in [-0.4, -0.2) is 47.5 Å². The van der Waals surface area contributed by atoms with Gasteiger partial charge in [0.2, 0.25) is 5.91 Å². The molecule has 5 nitrogen and oxygen atoms in total. The number of hydrogen-bond acceptors (Lipinski definition) is 4. The number of nitrogens with one attached hydrogen (secondary N) is 1. The standard InChI is InChI=1S/C21H28N4O/c22-20(15-18-8-12-23-13-9-18)21(26)25(16-19-7-4-11-24-19)14-10-17-5-2-1-3-6-17/h1-3,5-6,8-9,12-13,19-20,24H,4,7,10-11,14-16,22H2/t19-,20+/m0/s1. The maximum Gasteiger partial charge on any atom is 0.239 e. The van der Waals surface area contributed by atoms with E-state index in [9.17, 15) is 4.79 Å². The molecular weight excluding hydrogens is 324 g/mol. The summed E-state index contributed by atoms with van der Waals surface area (Å²) in [6.45, 7) is 2.47. The Morgan fingerprint density at radius 1 is 1.19 bits per heavy atom. The van der Waals surface area contributed by atoms with Crippen LogP contribution in [0.5, 0.6) is 0 Å². The first-order chi connectivity index (χ1) is 12.7. The molecule has 138 valence electrons. The zero-order valence-corrected chi connectivity index (χ0v) is 15.2. The number of rotatable bonds is 8. The molecule has 0 radical (unpaired) electrons. The molecule has 5 heteroatoms. The molecule has 2 atom stereocenters. The number of carbonyl (C=O) groups is 1. The van der Waals surface area contributed by atoms with E-state index in [0.717, 1.165) is 31.5 Å². The first-order valence-electron chi connectivity index (χ1n) is 9.43. The first kappa shape index (κ1) is 18.5. The van der Waals surface area contributed by atoms with Crippen molar-refractivity contribution in [3.8, 4) is 0 Å². The molecule has 1 amide bonds. The van der Waals surface area contributed by atoms with Crippen LogP contribution in [0.3, 0.4) is 0 Å². The minimum atomic E-state index is -0.519. The summed E-state index contributed by atoms with van der Waals surface area (Å²) in [6.07, 6.45) is 7.16. The summed E-state index contributed by atoms with van der Waals surface area (Å²) in [4.78, 5) is 19.0. The highest BCUT2D eigenvalue weighted by molar-refractivity contribution is 5.82. The highest BCUT2D eigenvalue weighted by Crippen LogP contribution is 2.11. The summed E-state index contributed by atoms with van der Waals surface area (Å²) in [5, 5.41) is 3.49. The van der Waals surface area contributed by atoms with Crippen molar-refractivity contribution >= 4 is 5.91 Å². The molecule has 1 aliphatic heterocycles. The Morgan fingerprint density at radius 2 is 1.96 bits per heavy atom. The van der Waals surface area contributed by atoms with Gasteiger partial charge in [0, 0.05) is 31.5 Å². The highest BCUT2D eigenvalue weighted by Gasteiger charge is 2.25. The Kier molecular flexibility index (Phi) is 6.75. The predicted molar refractivity (Wildman–Crippen MR) is 104 cm³/mol. The molecule has 3 N–H and O–H groups in total. The van der Waals surface area contributed by atoms with E-state index in [1.807, 2.05) is 35.2 Å². The molecule has 0 saturated carbocycles. The maximum atomic E-state index is 13.0. The van der Waals surface area contributed by atoms with Crippen molar-refractivity contribution in [2.24, 2.45) is 5.73 Å². The zero-order chi connectivity index (χ0) is 18.2. The van der Waals surface area contributed by atoms with Gasteiger partial charge in [-0.15, -0.1) is 0 Å². The molecule has 2 aromatic rings. The molecule has 0 spiro atoms. The number of amides is 1. The fraction of sp³-hybridized carbons (Fsp3) is 0.429. The Hall–Kier alpha value is -2.24. The summed E-state index contributed by atoms with van der Waals surface area (Å²) in [5.41, 5.74) is 8.55. The second-order valence-corrected chi connectivity index (χ2v) is 6.98. The molecule has 0 aliphatic carbocycles. The van der Waals surface area contributed by atoms with Gasteiger partial charge in [0.15, 0.2) is 0 Å². The largest absolute Gasteiger partial charge is 0.339 e. The van der Waals surface area contributed by atoms with Gasteiger partial charge in [-0.1, -0.05) is 30.3 Å². The van der Waals surface area contributed by atoms with Gasteiger partial charge < -0.3 is 16.0 Å². The summed E-state index contributed by atoms with van der Waals surface area (Å²) in [6, 6.07) is 14.0. The Balaban J connectivity index is 1.63. The molecule has 1 aromatic heterocycles. The minimum Gasteiger partial charge on any atom is -0.339 e. The second kappa shape index (κ2) is 9.46. The molecule has 1 aromatic carbocycles. The predicted octanol–water partition coefficient (Wildman–Crippen LogP) is 1.77. The van der Waals surface area contributed by atoms with Crippen molar-refractivity contribution in [3.63, 3.8) is 0 Å². The average molecular weight is 352 g/mol. The summed E-state index contributed by atoms with van der Waals surface area (Å²) >= 11 is 0. The smallest absolute Gasteiger partial charge is 0.239 e. The van der Waals surface area contributed by atoms with Gasteiger partial charge in [0.1, 0.15) is 0 Å². The average Bonchev–Trinajstić information content (AvgIpc) is 3.19. The molecule has 0 unspecified atom stereocenters. The summed E-state index contributed by atoms with van der Waals surface area (Å²) in [5.74, 6) is 0.0337. The van der Waals surface area contributed by atoms with Gasteiger partial charge in [-0.3, -0.25) is 9.78 Å². The van der Waals surface area contributed by atoms with Crippen molar-refractivity contribution in [2.45, 2.75) is 37.8 Å². The van der Waals surface area contributed by atoms with E-state index in [4.69, 9.17) is 5.73 Å². The van der Waals surface area contributed by atoms with E-state index in [2.05, 4.69) is 22.4 Å². The van der Waals surface area contributed by atoms with Crippen LogP contribution in [0.2, 0.25) is 0 Å². The fourth-order valence-electron chi connectivity index (χ4n) is 3.47. The van der Waals surface area contributed by atoms with E-state index in [1.165, 1.54) is 12.0 Å². The molecule has 26 heavy (non-hydrogen) atoms. The molecule has 2 heterocycles. The zero-order valence-electron chi connectivity index (χ0n) is 15.2. The normalized spacial score (nSPS) is 17.8. The quantitative estimate of drug-likeness (QED) is 0.760. The maximum absolute atomic E-state index is 13.0. The molecule has 1 fully saturated rings. The second-order valence-electron chi connectivity index (χ2n) is 6.98. The lowest BCUT2D eigenvalue weighted by Crippen LogP contribution is -2.49. The van der Waals surface area contributed by atoms with Crippen LogP contribution in [0.4, 0.5) is 0 Å². The lowest BCUT2D eigenvalue weighted by molar-refractivity contribution is -0.132. The third-order valence-electron chi connectivity index (χ3n) is 4.95.